The molecule has 2 rings (SSSR count). The van der Waals surface area contributed by atoms with E-state index in [0.717, 1.165) is 22.4 Å². The summed E-state index contributed by atoms with van der Waals surface area (Å²) in [6, 6.07) is 7.77. The van der Waals surface area contributed by atoms with E-state index in [-0.39, 0.29) is 0 Å². The second-order valence-electron chi connectivity index (χ2n) is 3.74. The van der Waals surface area contributed by atoms with E-state index in [1.807, 2.05) is 27.0 Å². The van der Waals surface area contributed by atoms with Gasteiger partial charge in [0, 0.05) is 17.7 Å². The van der Waals surface area contributed by atoms with Crippen molar-refractivity contribution in [1.29, 1.82) is 0 Å². The number of hydrogen-bond donors (Lipinski definition) is 0. The lowest BCUT2D eigenvalue weighted by Gasteiger charge is -2.04. The third kappa shape index (κ3) is 1.91. The zero-order valence-electron chi connectivity index (χ0n) is 12.3. The largest absolute Gasteiger partial charge is 0.212 e. The molecule has 0 unspecified atom stereocenters. The molecule has 1 heteroatoms. The van der Waals surface area contributed by atoms with Gasteiger partial charge in [-0.1, -0.05) is 18.2 Å². The predicted molar refractivity (Wildman–Crippen MR) is 62.5 cm³/mol. The van der Waals surface area contributed by atoms with Crippen LogP contribution in [0.15, 0.2) is 42.5 Å². The van der Waals surface area contributed by atoms with Gasteiger partial charge in [-0.25, -0.2) is 4.57 Å². The fourth-order valence-corrected chi connectivity index (χ4v) is 1.61. The molecule has 0 amide bonds. The Kier molecular flexibility index (Phi) is 1.74. The molecule has 1 aromatic carbocycles. The molecule has 1 heterocycles. The van der Waals surface area contributed by atoms with Crippen LogP contribution in [0, 0.1) is 13.8 Å². The lowest BCUT2D eigenvalue weighted by Crippen LogP contribution is -2.30. The molecule has 2 aromatic rings. The predicted octanol–water partition coefficient (Wildman–Crippen LogP) is 2.79. The Bertz CT molecular complexity index is 565. The molecule has 0 atom stereocenters. The van der Waals surface area contributed by atoms with Crippen molar-refractivity contribution in [2.24, 2.45) is 7.05 Å². The highest BCUT2D eigenvalue weighted by atomic mass is 14.9. The third-order valence-electron chi connectivity index (χ3n) is 2.49. The van der Waals surface area contributed by atoms with Crippen LogP contribution in [0.1, 0.15) is 15.2 Å². The van der Waals surface area contributed by atoms with Crippen molar-refractivity contribution in [3.05, 3.63) is 53.7 Å². The van der Waals surface area contributed by atoms with Crippen LogP contribution in [-0.4, -0.2) is 0 Å². The van der Waals surface area contributed by atoms with Gasteiger partial charge < -0.3 is 0 Å². The first-order chi connectivity index (χ1) is 8.40. The van der Waals surface area contributed by atoms with Crippen LogP contribution < -0.4 is 4.57 Å². The number of aromatic nitrogens is 1. The summed E-state index contributed by atoms with van der Waals surface area (Å²) >= 11 is 0. The summed E-state index contributed by atoms with van der Waals surface area (Å²) in [5.74, 6) is 0. The van der Waals surface area contributed by atoms with Crippen LogP contribution in [0.4, 0.5) is 0 Å². The maximum absolute atomic E-state index is 7.90. The van der Waals surface area contributed by atoms with E-state index in [1.165, 1.54) is 6.07 Å². The Morgan fingerprint density at radius 3 is 2.87 bits per heavy atom. The molecule has 76 valence electrons. The van der Waals surface area contributed by atoms with Crippen LogP contribution in [0.3, 0.4) is 0 Å². The van der Waals surface area contributed by atoms with Crippen LogP contribution in [-0.2, 0) is 7.05 Å². The Morgan fingerprint density at radius 2 is 2.07 bits per heavy atom. The smallest absolute Gasteiger partial charge is 0.201 e. The minimum Gasteiger partial charge on any atom is -0.201 e. The van der Waals surface area contributed by atoms with Crippen molar-refractivity contribution in [2.75, 3.05) is 0 Å². The molecule has 0 saturated carbocycles. The third-order valence-corrected chi connectivity index (χ3v) is 2.49. The molecule has 0 aliphatic carbocycles. The lowest BCUT2D eigenvalue weighted by atomic mass is 10.0. The molecule has 0 bridgehead atoms. The van der Waals surface area contributed by atoms with Gasteiger partial charge in [0.15, 0.2) is 6.17 Å². The first-order valence-corrected chi connectivity index (χ1v) is 4.95. The summed E-state index contributed by atoms with van der Waals surface area (Å²) in [6.07, 6.45) is 0.423. The zero-order valence-corrected chi connectivity index (χ0v) is 9.26. The van der Waals surface area contributed by atoms with E-state index in [2.05, 4.69) is 0 Å². The Morgan fingerprint density at radius 1 is 1.27 bits per heavy atom. The van der Waals surface area contributed by atoms with Crippen molar-refractivity contribution in [3.8, 4) is 11.3 Å². The average molecular weight is 201 g/mol. The summed E-state index contributed by atoms with van der Waals surface area (Å²) < 4.78 is 25.2. The van der Waals surface area contributed by atoms with Gasteiger partial charge >= 0.3 is 0 Å². The van der Waals surface area contributed by atoms with Gasteiger partial charge in [0.2, 0.25) is 5.69 Å². The Labute approximate surface area is 95.2 Å². The fraction of sp³-hybridized carbons (Fsp3) is 0.214. The van der Waals surface area contributed by atoms with Gasteiger partial charge in [-0.2, -0.15) is 0 Å². The highest BCUT2D eigenvalue weighted by Crippen LogP contribution is 2.19. The van der Waals surface area contributed by atoms with Gasteiger partial charge in [-0.05, 0) is 31.0 Å². The molecule has 0 N–H and O–H groups in total. The molecule has 0 saturated heterocycles. The van der Waals surface area contributed by atoms with Gasteiger partial charge in [0.1, 0.15) is 8.42 Å². The van der Waals surface area contributed by atoms with Crippen LogP contribution in [0.2, 0.25) is 0 Å². The van der Waals surface area contributed by atoms with E-state index in [0.29, 0.717) is 18.3 Å². The molecule has 0 fully saturated rings. The number of benzene rings is 1. The molecule has 0 aliphatic rings. The van der Waals surface area contributed by atoms with Crippen molar-refractivity contribution in [3.63, 3.8) is 0 Å². The van der Waals surface area contributed by atoms with Gasteiger partial charge in [0.25, 0.3) is 0 Å². The summed E-state index contributed by atoms with van der Waals surface area (Å²) in [5.41, 5.74) is 3.58. The second kappa shape index (κ2) is 3.85. The highest BCUT2D eigenvalue weighted by molar-refractivity contribution is 5.61. The number of pyridine rings is 1. The molecular weight excluding hydrogens is 182 g/mol. The number of hydrogen-bond acceptors (Lipinski definition) is 0. The molecule has 1 aromatic heterocycles. The van der Waals surface area contributed by atoms with E-state index in [9.17, 15) is 0 Å². The van der Waals surface area contributed by atoms with Crippen molar-refractivity contribution in [1.82, 2.24) is 0 Å². The topological polar surface area (TPSA) is 3.88 Å². The van der Waals surface area contributed by atoms with E-state index >= 15 is 0 Å². The number of aryl methyl sites for hydroxylation is 1. The normalized spacial score (nSPS) is 13.1. The number of rotatable bonds is 1. The average Bonchev–Trinajstić information content (AvgIpc) is 2.28. The first-order valence-electron chi connectivity index (χ1n) is 6.45. The molecule has 15 heavy (non-hydrogen) atoms. The summed E-state index contributed by atoms with van der Waals surface area (Å²) in [4.78, 5) is 0. The molecule has 1 nitrogen and oxygen atoms in total. The minimum absolute atomic E-state index is 0.327. The van der Waals surface area contributed by atoms with Gasteiger partial charge in [-0.15, -0.1) is 0 Å². The van der Waals surface area contributed by atoms with Crippen molar-refractivity contribution < 1.29 is 8.68 Å². The highest BCUT2D eigenvalue weighted by Gasteiger charge is 2.10. The number of nitrogens with zero attached hydrogens (tertiary/aromatic N) is 1. The van der Waals surface area contributed by atoms with Crippen LogP contribution in [0.5, 0.6) is 0 Å². The minimum atomic E-state index is 0.327. The van der Waals surface area contributed by atoms with Gasteiger partial charge in [-0.3, -0.25) is 0 Å². The summed E-state index contributed by atoms with van der Waals surface area (Å²) in [5, 5.41) is 0. The Hall–Kier alpha value is -1.63. The quantitative estimate of drug-likeness (QED) is 0.625. The SMILES string of the molecule is [2H]c1cc([2H])c(C)c(-c2cc(C)cc([2H])[n+]2C)c1. The molecule has 0 radical (unpaired) electrons. The molecule has 0 aliphatic heterocycles. The van der Waals surface area contributed by atoms with Crippen LogP contribution in [0.25, 0.3) is 11.3 Å². The van der Waals surface area contributed by atoms with Gasteiger partial charge in [0.05, 0.1) is 2.74 Å². The first kappa shape index (κ1) is 6.78. The fourth-order valence-electron chi connectivity index (χ4n) is 1.61. The van der Waals surface area contributed by atoms with Crippen molar-refractivity contribution >= 4 is 0 Å². The summed E-state index contributed by atoms with van der Waals surface area (Å²) in [6.45, 7) is 3.83. The van der Waals surface area contributed by atoms with Crippen molar-refractivity contribution in [2.45, 2.75) is 13.8 Å². The standard InChI is InChI=1S/C14H16N/c1-11-8-9-15(3)14(10-11)13-7-5-4-6-12(13)2/h4-10H,1-3H3/q+1/i5D,6D,9D. The van der Waals surface area contributed by atoms with Crippen LogP contribution >= 0.6 is 0 Å². The monoisotopic (exact) mass is 201 g/mol. The van der Waals surface area contributed by atoms with E-state index in [1.54, 1.807) is 16.7 Å². The summed E-state index contributed by atoms with van der Waals surface area (Å²) in [7, 11) is 1.83. The molecular formula is C14H16N+. The second-order valence-corrected chi connectivity index (χ2v) is 3.74. The molecule has 0 spiro atoms. The maximum atomic E-state index is 7.90. The van der Waals surface area contributed by atoms with E-state index < -0.39 is 0 Å². The maximum Gasteiger partial charge on any atom is 0.212 e. The lowest BCUT2D eigenvalue weighted by molar-refractivity contribution is -0.660. The van der Waals surface area contributed by atoms with E-state index in [4.69, 9.17) is 4.11 Å². The Balaban J connectivity index is 2.77. The zero-order chi connectivity index (χ0) is 13.4.